The molecular weight excluding hydrogens is 310 g/mol. The van der Waals surface area contributed by atoms with Gasteiger partial charge in [0.15, 0.2) is 0 Å². The third-order valence-electron chi connectivity index (χ3n) is 4.90. The molecule has 2 aromatic rings. The smallest absolute Gasteiger partial charge is 0.123 e. The number of aryl methyl sites for hydroxylation is 3. The average molecular weight is 339 g/mol. The quantitative estimate of drug-likeness (QED) is 0.784. The van der Waals surface area contributed by atoms with E-state index in [4.69, 9.17) is 9.47 Å². The van der Waals surface area contributed by atoms with E-state index in [-0.39, 0.29) is 0 Å². The molecule has 0 N–H and O–H groups in total. The molecule has 1 aliphatic heterocycles. The summed E-state index contributed by atoms with van der Waals surface area (Å²) in [5, 5.41) is 0. The Morgan fingerprint density at radius 2 is 1.80 bits per heavy atom. The summed E-state index contributed by atoms with van der Waals surface area (Å²) in [5.41, 5.74) is 6.49. The van der Waals surface area contributed by atoms with Crippen LogP contribution in [0.2, 0.25) is 0 Å². The molecule has 0 radical (unpaired) electrons. The van der Waals surface area contributed by atoms with Crippen LogP contribution in [0.3, 0.4) is 0 Å². The molecule has 0 bridgehead atoms. The van der Waals surface area contributed by atoms with Crippen molar-refractivity contribution in [2.45, 2.75) is 40.3 Å². The van der Waals surface area contributed by atoms with Gasteiger partial charge >= 0.3 is 0 Å². The first-order valence-electron chi connectivity index (χ1n) is 9.26. The van der Waals surface area contributed by atoms with Gasteiger partial charge in [0.1, 0.15) is 12.4 Å². The second-order valence-corrected chi connectivity index (χ2v) is 6.90. The third-order valence-corrected chi connectivity index (χ3v) is 4.90. The van der Waals surface area contributed by atoms with Gasteiger partial charge < -0.3 is 9.47 Å². The standard InChI is InChI=1S/C22H29NO2/c1-4-20-13-17(2)5-8-22(20)25-16-21-7-6-19(14-18(21)3)15-23-9-11-24-12-10-23/h5-8,13-14H,4,9-12,15-16H2,1-3H3. The van der Waals surface area contributed by atoms with Crippen molar-refractivity contribution in [1.82, 2.24) is 4.90 Å². The molecule has 3 heteroatoms. The molecule has 3 rings (SSSR count). The van der Waals surface area contributed by atoms with E-state index in [1.165, 1.54) is 27.8 Å². The predicted molar refractivity (Wildman–Crippen MR) is 102 cm³/mol. The lowest BCUT2D eigenvalue weighted by atomic mass is 10.0. The summed E-state index contributed by atoms with van der Waals surface area (Å²) in [7, 11) is 0. The van der Waals surface area contributed by atoms with Crippen molar-refractivity contribution in [3.8, 4) is 5.75 Å². The van der Waals surface area contributed by atoms with E-state index >= 15 is 0 Å². The number of hydrogen-bond donors (Lipinski definition) is 0. The molecule has 134 valence electrons. The lowest BCUT2D eigenvalue weighted by Gasteiger charge is -2.26. The van der Waals surface area contributed by atoms with Crippen LogP contribution in [-0.4, -0.2) is 31.2 Å². The van der Waals surface area contributed by atoms with E-state index in [1.807, 2.05) is 0 Å². The van der Waals surface area contributed by atoms with Crippen molar-refractivity contribution >= 4 is 0 Å². The zero-order valence-corrected chi connectivity index (χ0v) is 15.7. The zero-order chi connectivity index (χ0) is 17.6. The molecule has 2 aromatic carbocycles. The molecule has 0 spiro atoms. The van der Waals surface area contributed by atoms with Crippen molar-refractivity contribution in [3.05, 3.63) is 64.2 Å². The Kier molecular flexibility index (Phi) is 6.11. The van der Waals surface area contributed by atoms with E-state index in [1.54, 1.807) is 0 Å². The molecule has 1 fully saturated rings. The second-order valence-electron chi connectivity index (χ2n) is 6.90. The van der Waals surface area contributed by atoms with E-state index < -0.39 is 0 Å². The Hall–Kier alpha value is -1.84. The normalized spacial score (nSPS) is 15.3. The minimum absolute atomic E-state index is 0.625. The first-order chi connectivity index (χ1) is 12.2. The monoisotopic (exact) mass is 339 g/mol. The minimum atomic E-state index is 0.625. The number of ether oxygens (including phenoxy) is 2. The number of rotatable bonds is 6. The molecule has 0 unspecified atom stereocenters. The van der Waals surface area contributed by atoms with Crippen LogP contribution in [0, 0.1) is 13.8 Å². The van der Waals surface area contributed by atoms with Crippen LogP contribution in [0.25, 0.3) is 0 Å². The summed E-state index contributed by atoms with van der Waals surface area (Å²) in [4.78, 5) is 2.45. The SMILES string of the molecule is CCc1cc(C)ccc1OCc1ccc(CN2CCOCC2)cc1C. The van der Waals surface area contributed by atoms with Crippen molar-refractivity contribution in [2.75, 3.05) is 26.3 Å². The Bertz CT molecular complexity index is 705. The number of hydrogen-bond acceptors (Lipinski definition) is 3. The van der Waals surface area contributed by atoms with Crippen molar-refractivity contribution in [2.24, 2.45) is 0 Å². The first-order valence-corrected chi connectivity index (χ1v) is 9.26. The van der Waals surface area contributed by atoms with Gasteiger partial charge in [-0.2, -0.15) is 0 Å². The fourth-order valence-corrected chi connectivity index (χ4v) is 3.32. The Balaban J connectivity index is 1.63. The summed E-state index contributed by atoms with van der Waals surface area (Å²) < 4.78 is 11.5. The Labute approximate surface area is 151 Å². The number of benzene rings is 2. The van der Waals surface area contributed by atoms with Crippen LogP contribution in [0.15, 0.2) is 36.4 Å². The maximum absolute atomic E-state index is 6.11. The van der Waals surface area contributed by atoms with Gasteiger partial charge in [-0.1, -0.05) is 42.8 Å². The van der Waals surface area contributed by atoms with Gasteiger partial charge in [-0.25, -0.2) is 0 Å². The summed E-state index contributed by atoms with van der Waals surface area (Å²) in [5.74, 6) is 1.00. The zero-order valence-electron chi connectivity index (χ0n) is 15.7. The molecular formula is C22H29NO2. The van der Waals surface area contributed by atoms with Crippen molar-refractivity contribution < 1.29 is 9.47 Å². The van der Waals surface area contributed by atoms with Crippen LogP contribution < -0.4 is 4.74 Å². The van der Waals surface area contributed by atoms with Crippen LogP contribution in [-0.2, 0) is 24.3 Å². The summed E-state index contributed by atoms with van der Waals surface area (Å²) in [6.07, 6.45) is 0.995. The molecule has 1 aliphatic rings. The molecule has 0 atom stereocenters. The molecule has 0 aromatic heterocycles. The van der Waals surface area contributed by atoms with Crippen LogP contribution in [0.5, 0.6) is 5.75 Å². The highest BCUT2D eigenvalue weighted by Gasteiger charge is 2.11. The molecule has 1 heterocycles. The highest BCUT2D eigenvalue weighted by molar-refractivity contribution is 5.37. The topological polar surface area (TPSA) is 21.7 Å². The average Bonchev–Trinajstić information content (AvgIpc) is 2.62. The first kappa shape index (κ1) is 18.0. The van der Waals surface area contributed by atoms with Gasteiger partial charge in [0.2, 0.25) is 0 Å². The Morgan fingerprint density at radius 3 is 2.52 bits per heavy atom. The van der Waals surface area contributed by atoms with Gasteiger partial charge in [-0.05, 0) is 48.6 Å². The largest absolute Gasteiger partial charge is 0.489 e. The fourth-order valence-electron chi connectivity index (χ4n) is 3.32. The van der Waals surface area contributed by atoms with Gasteiger partial charge in [-0.15, -0.1) is 0 Å². The molecule has 0 aliphatic carbocycles. The molecule has 25 heavy (non-hydrogen) atoms. The van der Waals surface area contributed by atoms with Crippen LogP contribution in [0.1, 0.15) is 34.7 Å². The van der Waals surface area contributed by atoms with E-state index in [9.17, 15) is 0 Å². The highest BCUT2D eigenvalue weighted by atomic mass is 16.5. The van der Waals surface area contributed by atoms with E-state index in [2.05, 4.69) is 62.1 Å². The maximum atomic E-state index is 6.11. The predicted octanol–water partition coefficient (Wildman–Crippen LogP) is 4.28. The van der Waals surface area contributed by atoms with Crippen molar-refractivity contribution in [3.63, 3.8) is 0 Å². The lowest BCUT2D eigenvalue weighted by Crippen LogP contribution is -2.35. The summed E-state index contributed by atoms with van der Waals surface area (Å²) in [6.45, 7) is 11.9. The molecule has 1 saturated heterocycles. The molecule has 0 amide bonds. The molecule has 0 saturated carbocycles. The molecule has 3 nitrogen and oxygen atoms in total. The minimum Gasteiger partial charge on any atom is -0.489 e. The number of morpholine rings is 1. The lowest BCUT2D eigenvalue weighted by molar-refractivity contribution is 0.0342. The highest BCUT2D eigenvalue weighted by Crippen LogP contribution is 2.23. The summed E-state index contributed by atoms with van der Waals surface area (Å²) >= 11 is 0. The van der Waals surface area contributed by atoms with Gasteiger partial charge in [0.05, 0.1) is 13.2 Å². The van der Waals surface area contributed by atoms with Gasteiger partial charge in [-0.3, -0.25) is 4.90 Å². The van der Waals surface area contributed by atoms with Crippen molar-refractivity contribution in [1.29, 1.82) is 0 Å². The maximum Gasteiger partial charge on any atom is 0.123 e. The van der Waals surface area contributed by atoms with Gasteiger partial charge in [0.25, 0.3) is 0 Å². The summed E-state index contributed by atoms with van der Waals surface area (Å²) in [6, 6.07) is 13.2. The Morgan fingerprint density at radius 1 is 1.00 bits per heavy atom. The van der Waals surface area contributed by atoms with E-state index in [0.29, 0.717) is 6.61 Å². The van der Waals surface area contributed by atoms with Gasteiger partial charge in [0, 0.05) is 19.6 Å². The number of nitrogens with zero attached hydrogens (tertiary/aromatic N) is 1. The fraction of sp³-hybridized carbons (Fsp3) is 0.455. The third kappa shape index (κ3) is 4.83. The van der Waals surface area contributed by atoms with E-state index in [0.717, 1.165) is 45.0 Å². The second kappa shape index (κ2) is 8.50. The van der Waals surface area contributed by atoms with Crippen LogP contribution >= 0.6 is 0 Å². The van der Waals surface area contributed by atoms with Crippen LogP contribution in [0.4, 0.5) is 0 Å².